The first-order valence-electron chi connectivity index (χ1n) is 23.4. The minimum Gasteiger partial charge on any atom is -0.311 e. The molecule has 0 N–H and O–H groups in total. The Morgan fingerprint density at radius 1 is 0.206 bits per heavy atom. The molecule has 13 rings (SSSR count). The smallest absolute Gasteiger partial charge is 0.0541 e. The van der Waals surface area contributed by atoms with Gasteiger partial charge in [-0.15, -0.1) is 0 Å². The lowest BCUT2D eigenvalue weighted by Crippen LogP contribution is -2.09. The monoisotopic (exact) mass is 864 g/mol. The lowest BCUT2D eigenvalue weighted by Gasteiger charge is -2.26. The molecular formula is C66H44N2. The van der Waals surface area contributed by atoms with Crippen LogP contribution in [0.4, 0.5) is 17.1 Å². The Hall–Kier alpha value is -8.98. The molecule has 1 aromatic heterocycles. The summed E-state index contributed by atoms with van der Waals surface area (Å²) < 4.78 is 2.39. The molecule has 0 bridgehead atoms. The van der Waals surface area contributed by atoms with Crippen LogP contribution in [0.15, 0.2) is 267 Å². The van der Waals surface area contributed by atoms with Crippen LogP contribution < -0.4 is 4.90 Å². The van der Waals surface area contributed by atoms with Crippen molar-refractivity contribution in [2.75, 3.05) is 4.90 Å². The van der Waals surface area contributed by atoms with E-state index < -0.39 is 0 Å². The van der Waals surface area contributed by atoms with Gasteiger partial charge in [-0.05, 0) is 156 Å². The standard InChI is InChI=1S/C66H44N2/c1-4-14-45(15-5-1)47-24-33-54(34-25-47)67(55-35-26-48(27-36-55)50-30-39-61-59-22-11-10-20-57(59)58-21-12-13-23-60(58)62(61)42-50)56-37-28-49(29-38-56)52-32-41-66-64(44-52)63-43-51(46-16-6-2-7-17-46)31-40-65(63)68(66)53-18-8-3-9-19-53/h1-44H. The molecule has 0 aliphatic heterocycles. The van der Waals surface area contributed by atoms with Gasteiger partial charge in [0.1, 0.15) is 0 Å². The first-order valence-corrected chi connectivity index (χ1v) is 23.4. The van der Waals surface area contributed by atoms with E-state index >= 15 is 0 Å². The topological polar surface area (TPSA) is 8.17 Å². The number of hydrogen-bond acceptors (Lipinski definition) is 1. The van der Waals surface area contributed by atoms with E-state index in [0.717, 1.165) is 22.7 Å². The molecule has 12 aromatic carbocycles. The predicted octanol–water partition coefficient (Wildman–Crippen LogP) is 18.4. The molecule has 0 radical (unpaired) electrons. The van der Waals surface area contributed by atoms with Crippen molar-refractivity contribution in [2.45, 2.75) is 0 Å². The first-order chi connectivity index (χ1) is 33.7. The molecule has 0 aliphatic rings. The van der Waals surface area contributed by atoms with Crippen LogP contribution in [0.3, 0.4) is 0 Å². The highest BCUT2D eigenvalue weighted by atomic mass is 15.1. The van der Waals surface area contributed by atoms with Crippen LogP contribution >= 0.6 is 0 Å². The molecule has 13 aromatic rings. The Morgan fingerprint density at radius 2 is 0.500 bits per heavy atom. The summed E-state index contributed by atoms with van der Waals surface area (Å²) in [5.41, 5.74) is 16.4. The van der Waals surface area contributed by atoms with Gasteiger partial charge in [0, 0.05) is 33.5 Å². The minimum absolute atomic E-state index is 1.09. The van der Waals surface area contributed by atoms with Gasteiger partial charge in [-0.2, -0.15) is 0 Å². The van der Waals surface area contributed by atoms with Gasteiger partial charge in [-0.25, -0.2) is 0 Å². The largest absolute Gasteiger partial charge is 0.311 e. The van der Waals surface area contributed by atoms with E-state index in [9.17, 15) is 0 Å². The highest BCUT2D eigenvalue weighted by Crippen LogP contribution is 2.42. The predicted molar refractivity (Wildman–Crippen MR) is 290 cm³/mol. The molecule has 0 saturated heterocycles. The van der Waals surface area contributed by atoms with E-state index in [1.807, 2.05) is 0 Å². The van der Waals surface area contributed by atoms with Gasteiger partial charge in [0.05, 0.1) is 11.0 Å². The minimum atomic E-state index is 1.09. The van der Waals surface area contributed by atoms with Crippen molar-refractivity contribution in [2.24, 2.45) is 0 Å². The molecule has 0 fully saturated rings. The molecule has 0 unspecified atom stereocenters. The fraction of sp³-hybridized carbons (Fsp3) is 0. The zero-order valence-electron chi connectivity index (χ0n) is 37.3. The summed E-state index contributed by atoms with van der Waals surface area (Å²) in [6, 6.07) is 97.4. The fourth-order valence-corrected chi connectivity index (χ4v) is 10.4. The number of nitrogens with zero attached hydrogens (tertiary/aromatic N) is 2. The molecule has 0 saturated carbocycles. The van der Waals surface area contributed by atoms with Gasteiger partial charge >= 0.3 is 0 Å². The van der Waals surface area contributed by atoms with Gasteiger partial charge in [-0.1, -0.05) is 188 Å². The van der Waals surface area contributed by atoms with Crippen molar-refractivity contribution in [1.29, 1.82) is 0 Å². The van der Waals surface area contributed by atoms with Crippen molar-refractivity contribution in [3.8, 4) is 50.2 Å². The van der Waals surface area contributed by atoms with Crippen molar-refractivity contribution >= 4 is 71.2 Å². The maximum absolute atomic E-state index is 2.39. The van der Waals surface area contributed by atoms with Gasteiger partial charge in [0.25, 0.3) is 0 Å². The molecule has 68 heavy (non-hydrogen) atoms. The summed E-state index contributed by atoms with van der Waals surface area (Å²) in [5.74, 6) is 0. The first kappa shape index (κ1) is 39.4. The molecule has 2 nitrogen and oxygen atoms in total. The summed E-state index contributed by atoms with van der Waals surface area (Å²) in [5, 5.41) is 10.2. The van der Waals surface area contributed by atoms with Crippen LogP contribution in [0.1, 0.15) is 0 Å². The zero-order chi connectivity index (χ0) is 45.0. The summed E-state index contributed by atoms with van der Waals surface area (Å²) in [6.45, 7) is 0. The Balaban J connectivity index is 0.891. The third kappa shape index (κ3) is 6.82. The lowest BCUT2D eigenvalue weighted by molar-refractivity contribution is 1.18. The van der Waals surface area contributed by atoms with E-state index in [-0.39, 0.29) is 0 Å². The second-order valence-electron chi connectivity index (χ2n) is 17.7. The van der Waals surface area contributed by atoms with Gasteiger partial charge in [0.2, 0.25) is 0 Å². The van der Waals surface area contributed by atoms with Crippen LogP contribution in [0, 0.1) is 0 Å². The lowest BCUT2D eigenvalue weighted by atomic mass is 9.92. The maximum atomic E-state index is 2.39. The van der Waals surface area contributed by atoms with E-state index in [4.69, 9.17) is 0 Å². The molecule has 318 valence electrons. The summed E-state index contributed by atoms with van der Waals surface area (Å²) in [6.07, 6.45) is 0. The average molecular weight is 865 g/mol. The zero-order valence-corrected chi connectivity index (χ0v) is 37.3. The number of para-hydroxylation sites is 1. The average Bonchev–Trinajstić information content (AvgIpc) is 3.75. The van der Waals surface area contributed by atoms with Crippen LogP contribution in [-0.2, 0) is 0 Å². The highest BCUT2D eigenvalue weighted by molar-refractivity contribution is 6.25. The van der Waals surface area contributed by atoms with E-state index in [1.54, 1.807) is 0 Å². The molecule has 0 spiro atoms. The molecule has 2 heteroatoms. The van der Waals surface area contributed by atoms with Crippen LogP contribution in [0.2, 0.25) is 0 Å². The molecular weight excluding hydrogens is 821 g/mol. The third-order valence-corrected chi connectivity index (χ3v) is 13.8. The normalized spacial score (nSPS) is 11.5. The van der Waals surface area contributed by atoms with Crippen LogP contribution in [0.5, 0.6) is 0 Å². The summed E-state index contributed by atoms with van der Waals surface area (Å²) in [7, 11) is 0. The second kappa shape index (κ2) is 16.5. The van der Waals surface area contributed by atoms with Gasteiger partial charge < -0.3 is 9.47 Å². The van der Waals surface area contributed by atoms with Crippen molar-refractivity contribution < 1.29 is 0 Å². The van der Waals surface area contributed by atoms with Crippen LogP contribution in [0.25, 0.3) is 104 Å². The maximum Gasteiger partial charge on any atom is 0.0541 e. The molecule has 0 atom stereocenters. The van der Waals surface area contributed by atoms with Gasteiger partial charge in [0.15, 0.2) is 0 Å². The number of rotatable bonds is 8. The number of benzene rings is 12. The van der Waals surface area contributed by atoms with E-state index in [1.165, 1.54) is 98.6 Å². The number of fused-ring (bicyclic) bond motifs is 9. The van der Waals surface area contributed by atoms with E-state index in [0.29, 0.717) is 0 Å². The van der Waals surface area contributed by atoms with Crippen molar-refractivity contribution in [3.63, 3.8) is 0 Å². The van der Waals surface area contributed by atoms with E-state index in [2.05, 4.69) is 276 Å². The van der Waals surface area contributed by atoms with Crippen molar-refractivity contribution in [3.05, 3.63) is 267 Å². The number of hydrogen-bond donors (Lipinski definition) is 0. The third-order valence-electron chi connectivity index (χ3n) is 13.8. The van der Waals surface area contributed by atoms with Crippen LogP contribution in [-0.4, -0.2) is 4.57 Å². The fourth-order valence-electron chi connectivity index (χ4n) is 10.4. The Kier molecular flexibility index (Phi) is 9.54. The Bertz CT molecular complexity index is 3930. The molecule has 0 aliphatic carbocycles. The quantitative estimate of drug-likeness (QED) is 0.138. The number of anilines is 3. The number of aromatic nitrogens is 1. The summed E-state index contributed by atoms with van der Waals surface area (Å²) >= 11 is 0. The SMILES string of the molecule is c1ccc(-c2ccc(N(c3ccc(-c4ccc5c6ccccc6c6ccccc6c5c4)cc3)c3ccc(-c4ccc5c(c4)c4cc(-c6ccccc6)ccc4n5-c4ccccc4)cc3)cc2)cc1. The molecule has 1 heterocycles. The Labute approximate surface area is 395 Å². The second-order valence-corrected chi connectivity index (χ2v) is 17.7. The molecule has 0 amide bonds. The van der Waals surface area contributed by atoms with Gasteiger partial charge in [-0.3, -0.25) is 0 Å². The summed E-state index contributed by atoms with van der Waals surface area (Å²) in [4.78, 5) is 2.37. The highest BCUT2D eigenvalue weighted by Gasteiger charge is 2.18. The Morgan fingerprint density at radius 3 is 0.941 bits per heavy atom. The van der Waals surface area contributed by atoms with Crippen molar-refractivity contribution in [1.82, 2.24) is 4.57 Å².